The predicted octanol–water partition coefficient (Wildman–Crippen LogP) is 4.30. The molecule has 88 valence electrons. The van der Waals surface area contributed by atoms with Crippen molar-refractivity contribution in [1.29, 1.82) is 0 Å². The van der Waals surface area contributed by atoms with Gasteiger partial charge in [0.15, 0.2) is 0 Å². The van der Waals surface area contributed by atoms with Gasteiger partial charge < -0.3 is 0 Å². The predicted molar refractivity (Wildman–Crippen MR) is 71.5 cm³/mol. The average molecular weight is 286 g/mol. The molecule has 1 aromatic carbocycles. The van der Waals surface area contributed by atoms with Gasteiger partial charge in [0.2, 0.25) is 5.78 Å². The van der Waals surface area contributed by atoms with Crippen molar-refractivity contribution in [3.05, 3.63) is 49.4 Å². The molecular formula is C12H9Cl2NOS. The van der Waals surface area contributed by atoms with E-state index in [0.717, 1.165) is 10.7 Å². The van der Waals surface area contributed by atoms with Crippen LogP contribution in [0, 0.1) is 13.8 Å². The van der Waals surface area contributed by atoms with Crippen molar-refractivity contribution >= 4 is 40.3 Å². The van der Waals surface area contributed by atoms with Gasteiger partial charge in [0.1, 0.15) is 0 Å². The number of benzene rings is 1. The Bertz CT molecular complexity index is 592. The summed E-state index contributed by atoms with van der Waals surface area (Å²) in [5.74, 6) is -0.124. The molecule has 0 unspecified atom stereocenters. The number of halogens is 2. The molecule has 0 saturated heterocycles. The lowest BCUT2D eigenvalue weighted by Gasteiger charge is -2.02. The van der Waals surface area contributed by atoms with E-state index in [4.69, 9.17) is 23.2 Å². The molecule has 5 heteroatoms. The second-order valence-electron chi connectivity index (χ2n) is 3.60. The summed E-state index contributed by atoms with van der Waals surface area (Å²) in [7, 11) is 0. The van der Waals surface area contributed by atoms with Crippen LogP contribution < -0.4 is 0 Å². The summed E-state index contributed by atoms with van der Waals surface area (Å²) in [6, 6.07) is 4.87. The molecule has 2 nitrogen and oxygen atoms in total. The first kappa shape index (κ1) is 12.6. The van der Waals surface area contributed by atoms with Gasteiger partial charge in [0.05, 0.1) is 20.6 Å². The number of hydrogen-bond acceptors (Lipinski definition) is 3. The molecule has 17 heavy (non-hydrogen) atoms. The van der Waals surface area contributed by atoms with Gasteiger partial charge in [-0.1, -0.05) is 23.2 Å². The second kappa shape index (κ2) is 4.77. The number of ketones is 1. The molecule has 0 saturated carbocycles. The third kappa shape index (κ3) is 2.51. The Morgan fingerprint density at radius 3 is 2.59 bits per heavy atom. The van der Waals surface area contributed by atoms with Gasteiger partial charge in [0, 0.05) is 10.6 Å². The minimum Gasteiger partial charge on any atom is -0.288 e. The van der Waals surface area contributed by atoms with Crippen LogP contribution in [-0.2, 0) is 0 Å². The highest BCUT2D eigenvalue weighted by atomic mass is 35.5. The molecule has 0 fully saturated rings. The molecule has 0 amide bonds. The van der Waals surface area contributed by atoms with E-state index in [-0.39, 0.29) is 5.78 Å². The molecule has 0 aliphatic rings. The van der Waals surface area contributed by atoms with Crippen molar-refractivity contribution < 1.29 is 4.79 Å². The summed E-state index contributed by atoms with van der Waals surface area (Å²) in [5.41, 5.74) is 1.15. The normalized spacial score (nSPS) is 10.6. The Kier molecular flexibility index (Phi) is 3.52. The van der Waals surface area contributed by atoms with Crippen LogP contribution in [0.1, 0.15) is 25.9 Å². The fraction of sp³-hybridized carbons (Fsp3) is 0.167. The molecule has 0 atom stereocenters. The summed E-state index contributed by atoms with van der Waals surface area (Å²) < 4.78 is 0. The number of thiazole rings is 1. The Labute approximate surface area is 113 Å². The molecule has 0 N–H and O–H groups in total. The molecular weight excluding hydrogens is 277 g/mol. The van der Waals surface area contributed by atoms with Crippen molar-refractivity contribution in [2.45, 2.75) is 13.8 Å². The Morgan fingerprint density at radius 1 is 1.29 bits per heavy atom. The van der Waals surface area contributed by atoms with Crippen LogP contribution in [0.4, 0.5) is 0 Å². The van der Waals surface area contributed by atoms with Crippen LogP contribution >= 0.6 is 34.5 Å². The first-order valence-corrected chi connectivity index (χ1v) is 6.50. The van der Waals surface area contributed by atoms with E-state index in [9.17, 15) is 4.79 Å². The van der Waals surface area contributed by atoms with Crippen molar-refractivity contribution in [2.24, 2.45) is 0 Å². The molecule has 0 aliphatic heterocycles. The van der Waals surface area contributed by atoms with E-state index in [1.807, 2.05) is 13.8 Å². The lowest BCUT2D eigenvalue weighted by molar-refractivity contribution is 0.104. The molecule has 2 rings (SSSR count). The highest BCUT2D eigenvalue weighted by Crippen LogP contribution is 2.27. The van der Waals surface area contributed by atoms with Crippen molar-refractivity contribution in [3.63, 3.8) is 0 Å². The number of rotatable bonds is 2. The van der Waals surface area contributed by atoms with Crippen LogP contribution in [0.2, 0.25) is 10.0 Å². The van der Waals surface area contributed by atoms with Gasteiger partial charge in [-0.25, -0.2) is 4.98 Å². The lowest BCUT2D eigenvalue weighted by Crippen LogP contribution is -2.01. The van der Waals surface area contributed by atoms with Gasteiger partial charge >= 0.3 is 0 Å². The van der Waals surface area contributed by atoms with E-state index in [1.165, 1.54) is 11.3 Å². The third-order valence-corrected chi connectivity index (χ3v) is 3.92. The second-order valence-corrected chi connectivity index (χ2v) is 5.65. The quantitative estimate of drug-likeness (QED) is 0.770. The molecule has 1 heterocycles. The van der Waals surface area contributed by atoms with Crippen molar-refractivity contribution in [1.82, 2.24) is 4.98 Å². The van der Waals surface area contributed by atoms with Crippen LogP contribution in [0.15, 0.2) is 18.2 Å². The number of hydrogen-bond donors (Lipinski definition) is 0. The summed E-state index contributed by atoms with van der Waals surface area (Å²) >= 11 is 13.2. The van der Waals surface area contributed by atoms with Gasteiger partial charge in [-0.2, -0.15) is 0 Å². The molecule has 1 aromatic heterocycles. The van der Waals surface area contributed by atoms with E-state index in [0.29, 0.717) is 20.5 Å². The van der Waals surface area contributed by atoms with Crippen LogP contribution in [0.3, 0.4) is 0 Å². The fourth-order valence-corrected chi connectivity index (χ4v) is 2.79. The summed E-state index contributed by atoms with van der Waals surface area (Å²) in [6.45, 7) is 3.68. The maximum absolute atomic E-state index is 12.3. The number of aryl methyl sites for hydroxylation is 2. The minimum atomic E-state index is -0.124. The first-order valence-electron chi connectivity index (χ1n) is 4.93. The highest BCUT2D eigenvalue weighted by Gasteiger charge is 2.18. The zero-order chi connectivity index (χ0) is 12.6. The molecule has 0 aliphatic carbocycles. The SMILES string of the molecule is Cc1nc(C)c(C(=O)c2cc(Cl)ccc2Cl)s1. The number of aromatic nitrogens is 1. The molecule has 0 radical (unpaired) electrons. The van der Waals surface area contributed by atoms with Gasteiger partial charge in [-0.05, 0) is 32.0 Å². The Morgan fingerprint density at radius 2 is 2.00 bits per heavy atom. The van der Waals surface area contributed by atoms with E-state index in [2.05, 4.69) is 4.98 Å². The van der Waals surface area contributed by atoms with Gasteiger partial charge in [-0.3, -0.25) is 4.79 Å². The Hall–Kier alpha value is -0.900. The maximum atomic E-state index is 12.3. The van der Waals surface area contributed by atoms with Crippen LogP contribution in [-0.4, -0.2) is 10.8 Å². The summed E-state index contributed by atoms with van der Waals surface area (Å²) in [4.78, 5) is 17.1. The smallest absolute Gasteiger partial charge is 0.206 e. The molecule has 2 aromatic rings. The summed E-state index contributed by atoms with van der Waals surface area (Å²) in [6.07, 6.45) is 0. The maximum Gasteiger partial charge on any atom is 0.206 e. The van der Waals surface area contributed by atoms with Gasteiger partial charge in [-0.15, -0.1) is 11.3 Å². The molecule has 0 spiro atoms. The average Bonchev–Trinajstić information content (AvgIpc) is 2.60. The van der Waals surface area contributed by atoms with Crippen LogP contribution in [0.5, 0.6) is 0 Å². The lowest BCUT2D eigenvalue weighted by atomic mass is 10.1. The minimum absolute atomic E-state index is 0.124. The summed E-state index contributed by atoms with van der Waals surface area (Å²) in [5, 5.41) is 1.77. The zero-order valence-corrected chi connectivity index (χ0v) is 11.6. The highest BCUT2D eigenvalue weighted by molar-refractivity contribution is 7.14. The zero-order valence-electron chi connectivity index (χ0n) is 9.25. The van der Waals surface area contributed by atoms with Crippen molar-refractivity contribution in [3.8, 4) is 0 Å². The third-order valence-electron chi connectivity index (χ3n) is 2.28. The number of carbonyl (C=O) groups excluding carboxylic acids is 1. The Balaban J connectivity index is 2.50. The standard InChI is InChI=1S/C12H9Cl2NOS/c1-6-12(17-7(2)15-6)11(16)9-5-8(13)3-4-10(9)14/h3-5H,1-2H3. The molecule has 0 bridgehead atoms. The van der Waals surface area contributed by atoms with Gasteiger partial charge in [0.25, 0.3) is 0 Å². The van der Waals surface area contributed by atoms with E-state index < -0.39 is 0 Å². The first-order chi connectivity index (χ1) is 7.99. The topological polar surface area (TPSA) is 30.0 Å². The number of nitrogens with zero attached hydrogens (tertiary/aromatic N) is 1. The largest absolute Gasteiger partial charge is 0.288 e. The van der Waals surface area contributed by atoms with E-state index in [1.54, 1.807) is 18.2 Å². The fourth-order valence-electron chi connectivity index (χ4n) is 1.54. The van der Waals surface area contributed by atoms with Crippen molar-refractivity contribution in [2.75, 3.05) is 0 Å². The number of carbonyl (C=O) groups is 1. The van der Waals surface area contributed by atoms with E-state index >= 15 is 0 Å². The van der Waals surface area contributed by atoms with Crippen LogP contribution in [0.25, 0.3) is 0 Å². The monoisotopic (exact) mass is 285 g/mol.